The van der Waals surface area contributed by atoms with E-state index in [0.717, 1.165) is 40.7 Å². The normalized spacial score (nSPS) is 14.8. The summed E-state index contributed by atoms with van der Waals surface area (Å²) in [7, 11) is 0. The highest BCUT2D eigenvalue weighted by Gasteiger charge is 2.29. The lowest BCUT2D eigenvalue weighted by atomic mass is 9.95. The zero-order chi connectivity index (χ0) is 22.8. The minimum atomic E-state index is -0.975. The Balaban J connectivity index is 1.62. The smallest absolute Gasteiger partial charge is 0.339 e. The fourth-order valence-corrected chi connectivity index (χ4v) is 3.99. The number of nitrogens with one attached hydrogen (secondary N) is 1. The van der Waals surface area contributed by atoms with Gasteiger partial charge >= 0.3 is 5.97 Å². The molecule has 2 aromatic heterocycles. The number of amides is 1. The molecule has 3 aromatic rings. The first-order chi connectivity index (χ1) is 15.3. The second-order valence-electron chi connectivity index (χ2n) is 8.50. The van der Waals surface area contributed by atoms with Crippen LogP contribution in [0.3, 0.4) is 0 Å². The second kappa shape index (κ2) is 9.04. The molecule has 0 aliphatic carbocycles. The van der Waals surface area contributed by atoms with Gasteiger partial charge in [0.05, 0.1) is 11.1 Å². The second-order valence-corrected chi connectivity index (χ2v) is 8.50. The van der Waals surface area contributed by atoms with E-state index in [1.807, 2.05) is 37.3 Å². The van der Waals surface area contributed by atoms with Gasteiger partial charge in [-0.15, -0.1) is 0 Å². The molecule has 0 spiro atoms. The molecule has 1 atom stereocenters. The topological polar surface area (TPSA) is 84.4 Å². The van der Waals surface area contributed by atoms with Crippen LogP contribution in [0.25, 0.3) is 10.9 Å². The van der Waals surface area contributed by atoms with Gasteiger partial charge in [0.15, 0.2) is 6.10 Å². The van der Waals surface area contributed by atoms with E-state index >= 15 is 0 Å². The number of para-hydroxylation sites is 1. The summed E-state index contributed by atoms with van der Waals surface area (Å²) in [6.45, 7) is 9.29. The fourth-order valence-electron chi connectivity index (χ4n) is 3.99. The summed E-state index contributed by atoms with van der Waals surface area (Å²) in [5.41, 5.74) is 4.06. The number of anilines is 1. The van der Waals surface area contributed by atoms with Gasteiger partial charge in [0.25, 0.3) is 5.91 Å². The molecule has 0 bridgehead atoms. The van der Waals surface area contributed by atoms with E-state index in [1.54, 1.807) is 19.2 Å². The van der Waals surface area contributed by atoms with E-state index in [-0.39, 0.29) is 0 Å². The quantitative estimate of drug-likeness (QED) is 0.616. The van der Waals surface area contributed by atoms with Crippen molar-refractivity contribution in [3.63, 3.8) is 0 Å². The van der Waals surface area contributed by atoms with Crippen LogP contribution >= 0.6 is 0 Å². The van der Waals surface area contributed by atoms with Gasteiger partial charge in [0, 0.05) is 48.4 Å². The van der Waals surface area contributed by atoms with Crippen LogP contribution in [0.15, 0.2) is 42.6 Å². The maximum atomic E-state index is 13.4. The van der Waals surface area contributed by atoms with Crippen molar-refractivity contribution in [3.05, 3.63) is 65.0 Å². The predicted octanol–water partition coefficient (Wildman–Crippen LogP) is 3.89. The maximum Gasteiger partial charge on any atom is 0.339 e. The van der Waals surface area contributed by atoms with Gasteiger partial charge in [0.2, 0.25) is 0 Å². The van der Waals surface area contributed by atoms with Crippen molar-refractivity contribution in [1.29, 1.82) is 0 Å². The zero-order valence-electron chi connectivity index (χ0n) is 18.9. The predicted molar refractivity (Wildman–Crippen MR) is 123 cm³/mol. The fraction of sp³-hybridized carbons (Fsp3) is 0.360. The molecule has 1 aliphatic heterocycles. The van der Waals surface area contributed by atoms with E-state index in [4.69, 9.17) is 9.72 Å². The Hall–Kier alpha value is -3.32. The summed E-state index contributed by atoms with van der Waals surface area (Å²) in [4.78, 5) is 37.3. The number of hydrogen-bond acceptors (Lipinski definition) is 6. The molecule has 7 nitrogen and oxygen atoms in total. The van der Waals surface area contributed by atoms with Crippen molar-refractivity contribution in [2.24, 2.45) is 0 Å². The van der Waals surface area contributed by atoms with Crippen LogP contribution in [0.5, 0.6) is 0 Å². The number of ether oxygens (including phenoxy) is 1. The van der Waals surface area contributed by atoms with Crippen molar-refractivity contribution in [2.45, 2.75) is 52.8 Å². The molecule has 0 radical (unpaired) electrons. The highest BCUT2D eigenvalue weighted by Crippen LogP contribution is 2.29. The van der Waals surface area contributed by atoms with Gasteiger partial charge in [-0.25, -0.2) is 9.78 Å². The summed E-state index contributed by atoms with van der Waals surface area (Å²) in [6.07, 6.45) is 1.42. The number of hydrogen-bond donors (Lipinski definition) is 1. The number of carbonyl (C=O) groups is 2. The Bertz CT molecular complexity index is 1180. The van der Waals surface area contributed by atoms with E-state index in [0.29, 0.717) is 24.0 Å². The largest absolute Gasteiger partial charge is 0.449 e. The molecule has 1 unspecified atom stereocenters. The van der Waals surface area contributed by atoms with E-state index in [2.05, 4.69) is 29.0 Å². The molecule has 166 valence electrons. The molecule has 1 amide bonds. The standard InChI is InChI=1S/C25H28N4O3/c1-15(2)29-12-10-21-19(14-29)23(18-7-5-6-8-20(18)27-21)25(31)32-17(4)24(30)28-22-13-16(3)9-11-26-22/h5-9,11,13,15,17H,10,12,14H2,1-4H3,(H,26,28,30). The number of esters is 1. The van der Waals surface area contributed by atoms with Crippen molar-refractivity contribution in [1.82, 2.24) is 14.9 Å². The maximum absolute atomic E-state index is 13.4. The van der Waals surface area contributed by atoms with Crippen LogP contribution in [0.4, 0.5) is 5.82 Å². The number of pyridine rings is 2. The summed E-state index contributed by atoms with van der Waals surface area (Å²) < 4.78 is 5.65. The van der Waals surface area contributed by atoms with Gasteiger partial charge in [0.1, 0.15) is 5.82 Å². The third-order valence-electron chi connectivity index (χ3n) is 5.83. The lowest BCUT2D eigenvalue weighted by Crippen LogP contribution is -2.38. The van der Waals surface area contributed by atoms with E-state index in [1.165, 1.54) is 0 Å². The number of nitrogens with zero attached hydrogens (tertiary/aromatic N) is 3. The lowest BCUT2D eigenvalue weighted by Gasteiger charge is -2.32. The highest BCUT2D eigenvalue weighted by atomic mass is 16.5. The van der Waals surface area contributed by atoms with Gasteiger partial charge in [-0.2, -0.15) is 0 Å². The van der Waals surface area contributed by atoms with Crippen molar-refractivity contribution < 1.29 is 14.3 Å². The SMILES string of the molecule is Cc1ccnc(NC(=O)C(C)OC(=O)c2c3c(nc4ccccc24)CCN(C(C)C)C3)c1. The van der Waals surface area contributed by atoms with E-state index in [9.17, 15) is 9.59 Å². The monoisotopic (exact) mass is 432 g/mol. The summed E-state index contributed by atoms with van der Waals surface area (Å²) in [5.74, 6) is -0.505. The van der Waals surface area contributed by atoms with Gasteiger partial charge in [-0.05, 0) is 51.5 Å². The Morgan fingerprint density at radius 1 is 1.16 bits per heavy atom. The Morgan fingerprint density at radius 2 is 1.94 bits per heavy atom. The molecule has 1 aliphatic rings. The van der Waals surface area contributed by atoms with Crippen LogP contribution in [-0.2, 0) is 22.5 Å². The number of benzene rings is 1. The van der Waals surface area contributed by atoms with Crippen LogP contribution < -0.4 is 5.32 Å². The molecule has 0 saturated heterocycles. The number of rotatable bonds is 5. The number of aryl methyl sites for hydroxylation is 1. The highest BCUT2D eigenvalue weighted by molar-refractivity contribution is 6.06. The lowest BCUT2D eigenvalue weighted by molar-refractivity contribution is -0.123. The van der Waals surface area contributed by atoms with Crippen molar-refractivity contribution in [2.75, 3.05) is 11.9 Å². The number of aromatic nitrogens is 2. The summed E-state index contributed by atoms with van der Waals surface area (Å²) in [5, 5.41) is 3.46. The minimum Gasteiger partial charge on any atom is -0.449 e. The first-order valence-corrected chi connectivity index (χ1v) is 10.9. The number of fused-ring (bicyclic) bond motifs is 2. The Kier molecular flexibility index (Phi) is 6.19. The molecule has 0 fully saturated rings. The average Bonchev–Trinajstić information content (AvgIpc) is 2.76. The van der Waals surface area contributed by atoms with Crippen LogP contribution in [-0.4, -0.2) is 45.4 Å². The molecule has 3 heterocycles. The first kappa shape index (κ1) is 21.9. The number of carbonyl (C=O) groups excluding carboxylic acids is 2. The average molecular weight is 433 g/mol. The molecular weight excluding hydrogens is 404 g/mol. The molecule has 1 aromatic carbocycles. The minimum absolute atomic E-state index is 0.352. The van der Waals surface area contributed by atoms with Crippen LogP contribution in [0, 0.1) is 6.92 Å². The van der Waals surface area contributed by atoms with Gasteiger partial charge < -0.3 is 10.1 Å². The molecular formula is C25H28N4O3. The van der Waals surface area contributed by atoms with Crippen LogP contribution in [0.1, 0.15) is 48.0 Å². The molecule has 1 N–H and O–H groups in total. The zero-order valence-corrected chi connectivity index (χ0v) is 18.9. The molecule has 7 heteroatoms. The molecule has 0 saturated carbocycles. The van der Waals surface area contributed by atoms with Crippen molar-refractivity contribution in [3.8, 4) is 0 Å². The Morgan fingerprint density at radius 3 is 2.69 bits per heavy atom. The summed E-state index contributed by atoms with van der Waals surface area (Å²) in [6, 6.07) is 11.5. The third-order valence-corrected chi connectivity index (χ3v) is 5.83. The van der Waals surface area contributed by atoms with Gasteiger partial charge in [-0.1, -0.05) is 18.2 Å². The van der Waals surface area contributed by atoms with Crippen LogP contribution in [0.2, 0.25) is 0 Å². The summed E-state index contributed by atoms with van der Waals surface area (Å²) >= 11 is 0. The first-order valence-electron chi connectivity index (χ1n) is 10.9. The molecule has 4 rings (SSSR count). The Labute approximate surface area is 187 Å². The van der Waals surface area contributed by atoms with Gasteiger partial charge in [-0.3, -0.25) is 14.7 Å². The van der Waals surface area contributed by atoms with Crippen molar-refractivity contribution >= 4 is 28.6 Å². The van der Waals surface area contributed by atoms with E-state index < -0.39 is 18.0 Å². The third kappa shape index (κ3) is 4.48. The molecule has 32 heavy (non-hydrogen) atoms.